The Morgan fingerprint density at radius 1 is 1.44 bits per heavy atom. The molecular formula is C13H16N4O. The van der Waals surface area contributed by atoms with Gasteiger partial charge in [-0.1, -0.05) is 18.2 Å². The van der Waals surface area contributed by atoms with Gasteiger partial charge < -0.3 is 15.6 Å². The first-order chi connectivity index (χ1) is 8.70. The number of imidazole rings is 1. The molecule has 18 heavy (non-hydrogen) atoms. The third kappa shape index (κ3) is 2.68. The minimum Gasteiger partial charge on any atom is -0.344 e. The first-order valence-corrected chi connectivity index (χ1v) is 5.75. The van der Waals surface area contributed by atoms with Crippen LogP contribution in [0.25, 0.3) is 11.3 Å². The highest BCUT2D eigenvalue weighted by Gasteiger charge is 2.05. The molecule has 0 atom stereocenters. The number of carbonyl (C=O) groups excluding carboxylic acids is 1. The SMILES string of the molecule is CNC(=O)NCc1cccc(-c2[nH]cnc2C)c1. The second-order valence-electron chi connectivity index (χ2n) is 4.00. The Morgan fingerprint density at radius 2 is 2.28 bits per heavy atom. The van der Waals surface area contributed by atoms with Gasteiger partial charge in [-0.15, -0.1) is 0 Å². The van der Waals surface area contributed by atoms with Gasteiger partial charge >= 0.3 is 6.03 Å². The predicted octanol–water partition coefficient (Wildman–Crippen LogP) is 1.81. The van der Waals surface area contributed by atoms with Crippen molar-refractivity contribution in [1.29, 1.82) is 0 Å². The molecule has 1 aromatic heterocycles. The Hall–Kier alpha value is -2.30. The van der Waals surface area contributed by atoms with E-state index in [2.05, 4.69) is 20.6 Å². The van der Waals surface area contributed by atoms with Gasteiger partial charge in [-0.2, -0.15) is 0 Å². The van der Waals surface area contributed by atoms with E-state index >= 15 is 0 Å². The van der Waals surface area contributed by atoms with E-state index in [0.29, 0.717) is 6.54 Å². The Labute approximate surface area is 106 Å². The van der Waals surface area contributed by atoms with Crippen LogP contribution in [0, 0.1) is 6.92 Å². The number of aromatic amines is 1. The van der Waals surface area contributed by atoms with Crippen molar-refractivity contribution < 1.29 is 4.79 Å². The van der Waals surface area contributed by atoms with E-state index < -0.39 is 0 Å². The number of nitrogens with zero attached hydrogens (tertiary/aromatic N) is 1. The zero-order valence-corrected chi connectivity index (χ0v) is 10.4. The largest absolute Gasteiger partial charge is 0.344 e. The molecule has 2 aromatic rings. The monoisotopic (exact) mass is 244 g/mol. The molecular weight excluding hydrogens is 228 g/mol. The number of benzene rings is 1. The molecule has 2 amide bonds. The highest BCUT2D eigenvalue weighted by Crippen LogP contribution is 2.20. The van der Waals surface area contributed by atoms with Crippen LogP contribution in [0.1, 0.15) is 11.3 Å². The molecule has 0 aliphatic heterocycles. The summed E-state index contributed by atoms with van der Waals surface area (Å²) in [5, 5.41) is 5.28. The molecule has 0 fully saturated rings. The summed E-state index contributed by atoms with van der Waals surface area (Å²) in [5.74, 6) is 0. The smallest absolute Gasteiger partial charge is 0.314 e. The van der Waals surface area contributed by atoms with Crippen molar-refractivity contribution in [3.63, 3.8) is 0 Å². The second-order valence-corrected chi connectivity index (χ2v) is 4.00. The molecule has 2 rings (SSSR count). The van der Waals surface area contributed by atoms with E-state index in [4.69, 9.17) is 0 Å². The summed E-state index contributed by atoms with van der Waals surface area (Å²) in [4.78, 5) is 18.4. The number of hydrogen-bond donors (Lipinski definition) is 3. The molecule has 0 saturated heterocycles. The maximum atomic E-state index is 11.1. The number of amides is 2. The Bertz CT molecular complexity index is 547. The fraction of sp³-hybridized carbons (Fsp3) is 0.231. The van der Waals surface area contributed by atoms with Crippen LogP contribution in [-0.4, -0.2) is 23.0 Å². The van der Waals surface area contributed by atoms with Crippen LogP contribution in [0.15, 0.2) is 30.6 Å². The van der Waals surface area contributed by atoms with Crippen molar-refractivity contribution in [2.75, 3.05) is 7.05 Å². The first kappa shape index (κ1) is 12.2. The highest BCUT2D eigenvalue weighted by molar-refractivity contribution is 5.73. The van der Waals surface area contributed by atoms with Crippen LogP contribution in [0.5, 0.6) is 0 Å². The summed E-state index contributed by atoms with van der Waals surface area (Å²) in [7, 11) is 1.60. The summed E-state index contributed by atoms with van der Waals surface area (Å²) in [6.45, 7) is 2.46. The third-order valence-corrected chi connectivity index (χ3v) is 2.72. The fourth-order valence-corrected chi connectivity index (χ4v) is 1.76. The van der Waals surface area contributed by atoms with Crippen LogP contribution in [0.3, 0.4) is 0 Å². The maximum Gasteiger partial charge on any atom is 0.314 e. The van der Waals surface area contributed by atoms with Crippen LogP contribution >= 0.6 is 0 Å². The Morgan fingerprint density at radius 3 is 2.94 bits per heavy atom. The maximum absolute atomic E-state index is 11.1. The van der Waals surface area contributed by atoms with Crippen LogP contribution < -0.4 is 10.6 Å². The molecule has 0 aliphatic rings. The minimum absolute atomic E-state index is 0.182. The summed E-state index contributed by atoms with van der Waals surface area (Å²) < 4.78 is 0. The number of hydrogen-bond acceptors (Lipinski definition) is 2. The molecule has 0 aliphatic carbocycles. The zero-order chi connectivity index (χ0) is 13.0. The highest BCUT2D eigenvalue weighted by atomic mass is 16.2. The van der Waals surface area contributed by atoms with Crippen molar-refractivity contribution in [1.82, 2.24) is 20.6 Å². The molecule has 0 bridgehead atoms. The Kier molecular flexibility index (Phi) is 3.62. The van der Waals surface area contributed by atoms with E-state index in [1.165, 1.54) is 0 Å². The number of urea groups is 1. The van der Waals surface area contributed by atoms with Gasteiger partial charge in [0.1, 0.15) is 0 Å². The molecule has 1 aromatic carbocycles. The van der Waals surface area contributed by atoms with Gasteiger partial charge in [0.15, 0.2) is 0 Å². The molecule has 3 N–H and O–H groups in total. The normalized spacial score (nSPS) is 10.1. The van der Waals surface area contributed by atoms with Gasteiger partial charge in [-0.05, 0) is 18.6 Å². The first-order valence-electron chi connectivity index (χ1n) is 5.75. The lowest BCUT2D eigenvalue weighted by Crippen LogP contribution is -2.32. The number of aryl methyl sites for hydroxylation is 1. The van der Waals surface area contributed by atoms with Crippen molar-refractivity contribution in [2.24, 2.45) is 0 Å². The average molecular weight is 244 g/mol. The van der Waals surface area contributed by atoms with E-state index in [1.54, 1.807) is 13.4 Å². The van der Waals surface area contributed by atoms with Crippen LogP contribution in [0.4, 0.5) is 4.79 Å². The summed E-state index contributed by atoms with van der Waals surface area (Å²) in [6.07, 6.45) is 1.68. The van der Waals surface area contributed by atoms with Gasteiger partial charge in [0, 0.05) is 19.2 Å². The van der Waals surface area contributed by atoms with Gasteiger partial charge in [-0.25, -0.2) is 9.78 Å². The standard InChI is InChI=1S/C13H16N4O/c1-9-12(17-8-16-9)11-5-3-4-10(6-11)7-15-13(18)14-2/h3-6,8H,7H2,1-2H3,(H,16,17)(H2,14,15,18). The van der Waals surface area contributed by atoms with E-state index in [9.17, 15) is 4.79 Å². The van der Waals surface area contributed by atoms with Gasteiger partial charge in [0.2, 0.25) is 0 Å². The lowest BCUT2D eigenvalue weighted by molar-refractivity contribution is 0.242. The average Bonchev–Trinajstić information content (AvgIpc) is 2.82. The van der Waals surface area contributed by atoms with E-state index in [-0.39, 0.29) is 6.03 Å². The van der Waals surface area contributed by atoms with Gasteiger partial charge in [0.05, 0.1) is 17.7 Å². The van der Waals surface area contributed by atoms with Crippen LogP contribution in [0.2, 0.25) is 0 Å². The molecule has 1 heterocycles. The lowest BCUT2D eigenvalue weighted by Gasteiger charge is -2.06. The number of H-pyrrole nitrogens is 1. The number of carbonyl (C=O) groups is 1. The summed E-state index contributed by atoms with van der Waals surface area (Å²) in [5.41, 5.74) is 4.09. The number of nitrogens with one attached hydrogen (secondary N) is 3. The molecule has 0 saturated carbocycles. The number of rotatable bonds is 3. The van der Waals surface area contributed by atoms with E-state index in [1.807, 2.05) is 31.2 Å². The topological polar surface area (TPSA) is 69.8 Å². The zero-order valence-electron chi connectivity index (χ0n) is 10.4. The molecule has 0 spiro atoms. The van der Waals surface area contributed by atoms with Crippen molar-refractivity contribution in [2.45, 2.75) is 13.5 Å². The second kappa shape index (κ2) is 5.35. The molecule has 5 heteroatoms. The van der Waals surface area contributed by atoms with Gasteiger partial charge in [-0.3, -0.25) is 0 Å². The fourth-order valence-electron chi connectivity index (χ4n) is 1.76. The van der Waals surface area contributed by atoms with Crippen molar-refractivity contribution in [3.8, 4) is 11.3 Å². The third-order valence-electron chi connectivity index (χ3n) is 2.72. The molecule has 5 nitrogen and oxygen atoms in total. The quantitative estimate of drug-likeness (QED) is 0.770. The Balaban J connectivity index is 2.15. The van der Waals surface area contributed by atoms with Crippen molar-refractivity contribution >= 4 is 6.03 Å². The summed E-state index contributed by atoms with van der Waals surface area (Å²) >= 11 is 0. The molecule has 94 valence electrons. The lowest BCUT2D eigenvalue weighted by atomic mass is 10.1. The van der Waals surface area contributed by atoms with Gasteiger partial charge in [0.25, 0.3) is 0 Å². The number of aromatic nitrogens is 2. The molecule has 0 radical (unpaired) electrons. The molecule has 0 unspecified atom stereocenters. The minimum atomic E-state index is -0.182. The predicted molar refractivity (Wildman–Crippen MR) is 70.1 cm³/mol. The van der Waals surface area contributed by atoms with Crippen molar-refractivity contribution in [3.05, 3.63) is 41.9 Å². The summed E-state index contributed by atoms with van der Waals surface area (Å²) in [6, 6.07) is 7.82. The van der Waals surface area contributed by atoms with Crippen LogP contribution in [-0.2, 0) is 6.54 Å². The van der Waals surface area contributed by atoms with E-state index in [0.717, 1.165) is 22.5 Å².